The molecule has 0 aliphatic rings. The van der Waals surface area contributed by atoms with Gasteiger partial charge in [-0.05, 0) is 36.6 Å². The second-order valence-electron chi connectivity index (χ2n) is 4.93. The molecule has 0 amide bonds. The van der Waals surface area contributed by atoms with E-state index in [2.05, 4.69) is 50.4 Å². The van der Waals surface area contributed by atoms with E-state index in [0.717, 1.165) is 19.9 Å². The van der Waals surface area contributed by atoms with Crippen molar-refractivity contribution in [2.75, 3.05) is 5.32 Å². The highest BCUT2D eigenvalue weighted by Gasteiger charge is 2.13. The van der Waals surface area contributed by atoms with Crippen LogP contribution in [-0.2, 0) is 0 Å². The molecule has 0 aliphatic heterocycles. The summed E-state index contributed by atoms with van der Waals surface area (Å²) in [4.78, 5) is 0. The average Bonchev–Trinajstić information content (AvgIpc) is 2.69. The van der Waals surface area contributed by atoms with Crippen LogP contribution in [0.5, 0.6) is 0 Å². The molecule has 0 radical (unpaired) electrons. The summed E-state index contributed by atoms with van der Waals surface area (Å²) in [5.74, 6) is 0.524. The Labute approximate surface area is 128 Å². The molecular formula is C15H17Cl2NS. The Morgan fingerprint density at radius 1 is 1.11 bits per heavy atom. The van der Waals surface area contributed by atoms with Crippen molar-refractivity contribution in [1.29, 1.82) is 0 Å². The van der Waals surface area contributed by atoms with Gasteiger partial charge in [0.15, 0.2) is 0 Å². The van der Waals surface area contributed by atoms with Crippen molar-refractivity contribution < 1.29 is 0 Å². The van der Waals surface area contributed by atoms with Crippen LogP contribution in [0.3, 0.4) is 0 Å². The lowest BCUT2D eigenvalue weighted by Gasteiger charge is -2.16. The molecule has 2 rings (SSSR count). The molecule has 0 bridgehead atoms. The molecule has 1 nitrogen and oxygen atoms in total. The molecular weight excluding hydrogens is 297 g/mol. The zero-order valence-electron chi connectivity index (χ0n) is 11.2. The standard InChI is InChI=1S/C15H17Cl2NS/c1-9(2)11-5-4-6-12(7-11)18-10(3)13-8-14(16)19-15(13)17/h4-10,18H,1-3H3. The van der Waals surface area contributed by atoms with E-state index in [-0.39, 0.29) is 6.04 Å². The van der Waals surface area contributed by atoms with Gasteiger partial charge in [-0.25, -0.2) is 0 Å². The van der Waals surface area contributed by atoms with E-state index in [1.165, 1.54) is 16.9 Å². The number of halogens is 2. The maximum absolute atomic E-state index is 6.18. The molecule has 1 aromatic heterocycles. The third-order valence-electron chi connectivity index (χ3n) is 3.09. The monoisotopic (exact) mass is 313 g/mol. The summed E-state index contributed by atoms with van der Waals surface area (Å²) in [6, 6.07) is 10.5. The van der Waals surface area contributed by atoms with Gasteiger partial charge in [0.1, 0.15) is 0 Å². The fraction of sp³-hybridized carbons (Fsp3) is 0.333. The van der Waals surface area contributed by atoms with E-state index in [0.29, 0.717) is 5.92 Å². The lowest BCUT2D eigenvalue weighted by Crippen LogP contribution is -2.06. The van der Waals surface area contributed by atoms with Gasteiger partial charge in [0, 0.05) is 11.3 Å². The van der Waals surface area contributed by atoms with Crippen LogP contribution >= 0.6 is 34.5 Å². The molecule has 0 saturated carbocycles. The quantitative estimate of drug-likeness (QED) is 0.693. The second kappa shape index (κ2) is 6.17. The normalized spacial score (nSPS) is 12.7. The predicted octanol–water partition coefficient (Wildman–Crippen LogP) is 6.35. The molecule has 1 unspecified atom stereocenters. The van der Waals surface area contributed by atoms with Crippen LogP contribution in [0.2, 0.25) is 8.67 Å². The fourth-order valence-electron chi connectivity index (χ4n) is 1.96. The number of hydrogen-bond acceptors (Lipinski definition) is 2. The summed E-state index contributed by atoms with van der Waals surface area (Å²) in [6.07, 6.45) is 0. The van der Waals surface area contributed by atoms with Crippen molar-refractivity contribution in [1.82, 2.24) is 0 Å². The van der Waals surface area contributed by atoms with Crippen LogP contribution in [0.15, 0.2) is 30.3 Å². The maximum Gasteiger partial charge on any atom is 0.0996 e. The van der Waals surface area contributed by atoms with Crippen molar-refractivity contribution in [2.45, 2.75) is 32.7 Å². The van der Waals surface area contributed by atoms with Gasteiger partial charge in [0.2, 0.25) is 0 Å². The zero-order valence-corrected chi connectivity index (χ0v) is 13.5. The smallest absolute Gasteiger partial charge is 0.0996 e. The summed E-state index contributed by atoms with van der Waals surface area (Å²) >= 11 is 13.6. The van der Waals surface area contributed by atoms with Crippen LogP contribution in [-0.4, -0.2) is 0 Å². The number of benzene rings is 1. The van der Waals surface area contributed by atoms with Gasteiger partial charge in [-0.3, -0.25) is 0 Å². The lowest BCUT2D eigenvalue weighted by molar-refractivity contribution is 0.860. The molecule has 0 saturated heterocycles. The molecule has 19 heavy (non-hydrogen) atoms. The van der Waals surface area contributed by atoms with Gasteiger partial charge in [-0.2, -0.15) is 0 Å². The SMILES string of the molecule is CC(C)c1cccc(NC(C)c2cc(Cl)sc2Cl)c1. The van der Waals surface area contributed by atoms with Crippen LogP contribution in [0, 0.1) is 0 Å². The number of thiophene rings is 1. The van der Waals surface area contributed by atoms with Crippen LogP contribution in [0.4, 0.5) is 5.69 Å². The van der Waals surface area contributed by atoms with Crippen molar-refractivity contribution in [2.24, 2.45) is 0 Å². The molecule has 2 aromatic rings. The Morgan fingerprint density at radius 3 is 2.42 bits per heavy atom. The van der Waals surface area contributed by atoms with E-state index in [4.69, 9.17) is 23.2 Å². The Kier molecular flexibility index (Phi) is 4.77. The summed E-state index contributed by atoms with van der Waals surface area (Å²) in [7, 11) is 0. The lowest BCUT2D eigenvalue weighted by atomic mass is 10.0. The average molecular weight is 314 g/mol. The maximum atomic E-state index is 6.18. The molecule has 1 aromatic carbocycles. The first-order chi connectivity index (χ1) is 8.97. The minimum Gasteiger partial charge on any atom is -0.378 e. The molecule has 102 valence electrons. The Morgan fingerprint density at radius 2 is 1.84 bits per heavy atom. The van der Waals surface area contributed by atoms with Crippen LogP contribution in [0.1, 0.15) is 43.9 Å². The highest BCUT2D eigenvalue weighted by molar-refractivity contribution is 7.20. The Hall–Kier alpha value is -0.700. The van der Waals surface area contributed by atoms with Gasteiger partial charge < -0.3 is 5.32 Å². The highest BCUT2D eigenvalue weighted by Crippen LogP contribution is 2.36. The van der Waals surface area contributed by atoms with Gasteiger partial charge in [0.25, 0.3) is 0 Å². The summed E-state index contributed by atoms with van der Waals surface area (Å²) in [5.41, 5.74) is 3.48. The number of rotatable bonds is 4. The minimum atomic E-state index is 0.138. The number of hydrogen-bond donors (Lipinski definition) is 1. The topological polar surface area (TPSA) is 12.0 Å². The third kappa shape index (κ3) is 3.65. The first-order valence-electron chi connectivity index (χ1n) is 6.28. The molecule has 1 N–H and O–H groups in total. The molecule has 0 fully saturated rings. The van der Waals surface area contributed by atoms with E-state index in [9.17, 15) is 0 Å². The van der Waals surface area contributed by atoms with Crippen LogP contribution < -0.4 is 5.32 Å². The zero-order chi connectivity index (χ0) is 14.0. The fourth-order valence-corrected chi connectivity index (χ4v) is 3.61. The first kappa shape index (κ1) is 14.7. The third-order valence-corrected chi connectivity index (χ3v) is 4.60. The van der Waals surface area contributed by atoms with Crippen molar-refractivity contribution in [3.63, 3.8) is 0 Å². The first-order valence-corrected chi connectivity index (χ1v) is 7.86. The molecule has 4 heteroatoms. The largest absolute Gasteiger partial charge is 0.378 e. The van der Waals surface area contributed by atoms with Gasteiger partial charge >= 0.3 is 0 Å². The Bertz CT molecular complexity index is 563. The summed E-state index contributed by atoms with van der Waals surface area (Å²) < 4.78 is 1.48. The van der Waals surface area contributed by atoms with Crippen molar-refractivity contribution in [3.05, 3.63) is 50.1 Å². The van der Waals surface area contributed by atoms with Gasteiger partial charge in [0.05, 0.1) is 14.7 Å². The van der Waals surface area contributed by atoms with Gasteiger partial charge in [-0.1, -0.05) is 49.2 Å². The van der Waals surface area contributed by atoms with Crippen molar-refractivity contribution in [3.8, 4) is 0 Å². The number of anilines is 1. The van der Waals surface area contributed by atoms with E-state index >= 15 is 0 Å². The predicted molar refractivity (Wildman–Crippen MR) is 86.9 cm³/mol. The van der Waals surface area contributed by atoms with Crippen molar-refractivity contribution >= 4 is 40.2 Å². The molecule has 0 spiro atoms. The van der Waals surface area contributed by atoms with Crippen LogP contribution in [0.25, 0.3) is 0 Å². The summed E-state index contributed by atoms with van der Waals surface area (Å²) in [5, 5.41) is 3.47. The molecule has 1 heterocycles. The van der Waals surface area contributed by atoms with E-state index < -0.39 is 0 Å². The van der Waals surface area contributed by atoms with Gasteiger partial charge in [-0.15, -0.1) is 11.3 Å². The highest BCUT2D eigenvalue weighted by atomic mass is 35.5. The molecule has 1 atom stereocenters. The van der Waals surface area contributed by atoms with E-state index in [1.54, 1.807) is 0 Å². The van der Waals surface area contributed by atoms with E-state index in [1.807, 2.05) is 6.07 Å². The second-order valence-corrected chi connectivity index (χ2v) is 7.21. The number of nitrogens with one attached hydrogen (secondary N) is 1. The Balaban J connectivity index is 2.17. The summed E-state index contributed by atoms with van der Waals surface area (Å²) in [6.45, 7) is 6.47. The minimum absolute atomic E-state index is 0.138. The molecule has 0 aliphatic carbocycles.